The lowest BCUT2D eigenvalue weighted by molar-refractivity contribution is -0.153. The molecule has 0 aliphatic rings. The molecular formula is C25H26F2N2O4. The number of ether oxygens (including phenoxy) is 1. The van der Waals surface area contributed by atoms with Crippen molar-refractivity contribution in [2.45, 2.75) is 52.1 Å². The Labute approximate surface area is 191 Å². The number of hydrogen-bond acceptors (Lipinski definition) is 5. The third-order valence-corrected chi connectivity index (χ3v) is 5.35. The number of anilines is 1. The first-order valence-corrected chi connectivity index (χ1v) is 10.8. The molecule has 0 saturated heterocycles. The Morgan fingerprint density at radius 3 is 2.48 bits per heavy atom. The van der Waals surface area contributed by atoms with Gasteiger partial charge in [0, 0.05) is 12.1 Å². The van der Waals surface area contributed by atoms with Crippen molar-refractivity contribution in [1.29, 1.82) is 0 Å². The van der Waals surface area contributed by atoms with Crippen LogP contribution in [0.25, 0.3) is 11.3 Å². The van der Waals surface area contributed by atoms with Crippen LogP contribution in [0.3, 0.4) is 0 Å². The maximum absolute atomic E-state index is 13.9. The summed E-state index contributed by atoms with van der Waals surface area (Å²) >= 11 is 0. The summed E-state index contributed by atoms with van der Waals surface area (Å²) in [7, 11) is 0. The van der Waals surface area contributed by atoms with Crippen molar-refractivity contribution in [3.05, 3.63) is 71.8 Å². The lowest BCUT2D eigenvalue weighted by Gasteiger charge is -2.18. The fraction of sp³-hybridized carbons (Fsp3) is 0.320. The van der Waals surface area contributed by atoms with E-state index < -0.39 is 29.6 Å². The van der Waals surface area contributed by atoms with E-state index in [1.807, 2.05) is 24.3 Å². The summed E-state index contributed by atoms with van der Waals surface area (Å²) in [5.74, 6) is -2.27. The van der Waals surface area contributed by atoms with Crippen molar-refractivity contribution in [1.82, 2.24) is 4.98 Å². The van der Waals surface area contributed by atoms with Gasteiger partial charge < -0.3 is 14.5 Å². The Morgan fingerprint density at radius 2 is 1.79 bits per heavy atom. The van der Waals surface area contributed by atoms with Gasteiger partial charge in [-0.2, -0.15) is 0 Å². The van der Waals surface area contributed by atoms with Gasteiger partial charge in [-0.3, -0.25) is 9.59 Å². The number of carbonyl (C=O) groups excluding carboxylic acids is 2. The number of benzene rings is 2. The third kappa shape index (κ3) is 6.03. The number of esters is 1. The summed E-state index contributed by atoms with van der Waals surface area (Å²) in [5, 5.41) is 2.82. The van der Waals surface area contributed by atoms with Gasteiger partial charge in [-0.15, -0.1) is 0 Å². The summed E-state index contributed by atoms with van der Waals surface area (Å²) in [4.78, 5) is 28.7. The monoisotopic (exact) mass is 456 g/mol. The van der Waals surface area contributed by atoms with Gasteiger partial charge in [0.05, 0.1) is 18.2 Å². The van der Waals surface area contributed by atoms with Crippen LogP contribution in [-0.4, -0.2) is 23.0 Å². The molecule has 6 nitrogen and oxygen atoms in total. The van der Waals surface area contributed by atoms with E-state index in [0.29, 0.717) is 5.69 Å². The summed E-state index contributed by atoms with van der Waals surface area (Å²) in [5.41, 5.74) is 1.38. The van der Waals surface area contributed by atoms with Crippen molar-refractivity contribution in [3.63, 3.8) is 0 Å². The Bertz CT molecular complexity index is 1110. The molecule has 8 heteroatoms. The molecule has 0 saturated carbocycles. The first-order chi connectivity index (χ1) is 15.8. The summed E-state index contributed by atoms with van der Waals surface area (Å²) in [6.45, 7) is 5.63. The number of oxazole rings is 1. The zero-order valence-electron chi connectivity index (χ0n) is 18.7. The van der Waals surface area contributed by atoms with Crippen LogP contribution in [-0.2, 0) is 20.7 Å². The number of hydrogen-bond donors (Lipinski definition) is 1. The number of aromatic nitrogens is 1. The predicted octanol–water partition coefficient (Wildman–Crippen LogP) is 5.64. The van der Waals surface area contributed by atoms with Crippen molar-refractivity contribution in [2.75, 3.05) is 5.32 Å². The van der Waals surface area contributed by atoms with Crippen LogP contribution in [0.1, 0.15) is 51.0 Å². The third-order valence-electron chi connectivity index (χ3n) is 5.35. The molecule has 0 aliphatic carbocycles. The maximum Gasteiger partial charge on any atom is 0.307 e. The van der Waals surface area contributed by atoms with Gasteiger partial charge in [0.1, 0.15) is 11.6 Å². The Morgan fingerprint density at radius 1 is 1.09 bits per heavy atom. The first kappa shape index (κ1) is 24.1. The number of halogens is 2. The molecule has 0 bridgehead atoms. The van der Waals surface area contributed by atoms with Crippen molar-refractivity contribution >= 4 is 17.6 Å². The van der Waals surface area contributed by atoms with E-state index in [4.69, 9.17) is 9.15 Å². The highest BCUT2D eigenvalue weighted by atomic mass is 19.1. The van der Waals surface area contributed by atoms with E-state index in [1.54, 1.807) is 0 Å². The number of carbonyl (C=O) groups is 2. The van der Waals surface area contributed by atoms with Crippen LogP contribution < -0.4 is 5.32 Å². The van der Waals surface area contributed by atoms with Crippen LogP contribution in [0.4, 0.5) is 14.5 Å². The molecule has 2 unspecified atom stereocenters. The van der Waals surface area contributed by atoms with Crippen LogP contribution in [0.5, 0.6) is 0 Å². The van der Waals surface area contributed by atoms with Crippen molar-refractivity contribution < 1.29 is 27.5 Å². The van der Waals surface area contributed by atoms with E-state index in [2.05, 4.69) is 24.1 Å². The fourth-order valence-corrected chi connectivity index (χ4v) is 3.29. The highest BCUT2D eigenvalue weighted by Crippen LogP contribution is 2.28. The second kappa shape index (κ2) is 10.8. The first-order valence-electron chi connectivity index (χ1n) is 10.8. The van der Waals surface area contributed by atoms with Crippen LogP contribution in [0, 0.1) is 11.6 Å². The molecule has 174 valence electrons. The van der Waals surface area contributed by atoms with E-state index >= 15 is 0 Å². The minimum atomic E-state index is -1.00. The fourth-order valence-electron chi connectivity index (χ4n) is 3.29. The molecule has 2 aromatic carbocycles. The molecule has 2 atom stereocenters. The van der Waals surface area contributed by atoms with Gasteiger partial charge in [-0.25, -0.2) is 13.8 Å². The van der Waals surface area contributed by atoms with E-state index in [9.17, 15) is 18.4 Å². The highest BCUT2D eigenvalue weighted by molar-refractivity contribution is 5.95. The summed E-state index contributed by atoms with van der Waals surface area (Å²) in [6, 6.07) is 11.0. The zero-order chi connectivity index (χ0) is 24.0. The molecule has 0 fully saturated rings. The SMILES string of the molecule is CCC(C)c1ccccc1NC(=O)C(C)OC(=O)CCc1ncc(-c2c(F)cccc2F)o1. The number of rotatable bonds is 9. The quantitative estimate of drug-likeness (QED) is 0.422. The van der Waals surface area contributed by atoms with Crippen molar-refractivity contribution in [3.8, 4) is 11.3 Å². The molecule has 1 N–H and O–H groups in total. The average Bonchev–Trinajstić information content (AvgIpc) is 3.26. The van der Waals surface area contributed by atoms with Crippen LogP contribution in [0.15, 0.2) is 53.1 Å². The van der Waals surface area contributed by atoms with Crippen LogP contribution in [0.2, 0.25) is 0 Å². The number of amides is 1. The second-order valence-electron chi connectivity index (χ2n) is 7.73. The van der Waals surface area contributed by atoms with Gasteiger partial charge in [-0.1, -0.05) is 38.1 Å². The highest BCUT2D eigenvalue weighted by Gasteiger charge is 2.21. The largest absolute Gasteiger partial charge is 0.453 e. The molecule has 0 radical (unpaired) electrons. The number of nitrogens with zero attached hydrogens (tertiary/aromatic N) is 1. The molecule has 1 heterocycles. The van der Waals surface area contributed by atoms with E-state index in [0.717, 1.165) is 24.1 Å². The van der Waals surface area contributed by atoms with Gasteiger partial charge in [-0.05, 0) is 43.0 Å². The molecule has 1 aromatic heterocycles. The smallest absolute Gasteiger partial charge is 0.307 e. The molecule has 0 aliphatic heterocycles. The molecular weight excluding hydrogens is 430 g/mol. The minimum absolute atomic E-state index is 0.0556. The topological polar surface area (TPSA) is 81.4 Å². The Kier molecular flexibility index (Phi) is 7.92. The lowest BCUT2D eigenvalue weighted by Crippen LogP contribution is -2.30. The minimum Gasteiger partial charge on any atom is -0.453 e. The Balaban J connectivity index is 1.54. The van der Waals surface area contributed by atoms with E-state index in [-0.39, 0.29) is 36.0 Å². The Hall–Kier alpha value is -3.55. The summed E-state index contributed by atoms with van der Waals surface area (Å²) in [6.07, 6.45) is 1.06. The number of para-hydroxylation sites is 1. The maximum atomic E-state index is 13.9. The second-order valence-corrected chi connectivity index (χ2v) is 7.73. The van der Waals surface area contributed by atoms with E-state index in [1.165, 1.54) is 19.2 Å². The van der Waals surface area contributed by atoms with Gasteiger partial charge >= 0.3 is 5.97 Å². The predicted molar refractivity (Wildman–Crippen MR) is 120 cm³/mol. The number of nitrogens with one attached hydrogen (secondary N) is 1. The molecule has 33 heavy (non-hydrogen) atoms. The average molecular weight is 456 g/mol. The molecule has 0 spiro atoms. The summed E-state index contributed by atoms with van der Waals surface area (Å²) < 4.78 is 38.4. The lowest BCUT2D eigenvalue weighted by atomic mass is 9.97. The standard InChI is InChI=1S/C25H26F2N2O4/c1-4-15(2)17-8-5-6-11-20(17)29-25(31)16(3)32-23(30)13-12-22-28-14-21(33-22)24-18(26)9-7-10-19(24)27/h5-11,14-16H,4,12-13H2,1-3H3,(H,29,31). The zero-order valence-corrected chi connectivity index (χ0v) is 18.7. The molecule has 3 rings (SSSR count). The number of aryl methyl sites for hydroxylation is 1. The molecule has 1 amide bonds. The molecule has 3 aromatic rings. The van der Waals surface area contributed by atoms with Gasteiger partial charge in [0.25, 0.3) is 5.91 Å². The normalized spacial score (nSPS) is 12.8. The van der Waals surface area contributed by atoms with Gasteiger partial charge in [0.2, 0.25) is 0 Å². The van der Waals surface area contributed by atoms with Crippen molar-refractivity contribution in [2.24, 2.45) is 0 Å². The van der Waals surface area contributed by atoms with Crippen LogP contribution >= 0.6 is 0 Å². The van der Waals surface area contributed by atoms with Gasteiger partial charge in [0.15, 0.2) is 17.8 Å².